The van der Waals surface area contributed by atoms with E-state index in [4.69, 9.17) is 5.26 Å². The van der Waals surface area contributed by atoms with E-state index in [1.54, 1.807) is 55.0 Å². The summed E-state index contributed by atoms with van der Waals surface area (Å²) in [5, 5.41) is 11.8. The first-order chi connectivity index (χ1) is 13.2. The Kier molecular flexibility index (Phi) is 5.75. The summed E-state index contributed by atoms with van der Waals surface area (Å²) in [5.74, 6) is 0.485. The molecule has 0 radical (unpaired) electrons. The summed E-state index contributed by atoms with van der Waals surface area (Å²) >= 11 is 0. The predicted molar refractivity (Wildman–Crippen MR) is 105 cm³/mol. The molecule has 0 saturated carbocycles. The van der Waals surface area contributed by atoms with Crippen molar-refractivity contribution >= 4 is 17.4 Å². The molecule has 2 aromatic heterocycles. The Bertz CT molecular complexity index is 966. The summed E-state index contributed by atoms with van der Waals surface area (Å²) < 4.78 is 0. The largest absolute Gasteiger partial charge is 0.359 e. The van der Waals surface area contributed by atoms with Crippen LogP contribution in [0.5, 0.6) is 0 Å². The molecular formula is C21H19N5O. The van der Waals surface area contributed by atoms with Crippen LogP contribution in [0.3, 0.4) is 0 Å². The molecule has 0 aliphatic rings. The van der Waals surface area contributed by atoms with Gasteiger partial charge in [0.15, 0.2) is 0 Å². The van der Waals surface area contributed by atoms with E-state index in [9.17, 15) is 4.79 Å². The Morgan fingerprint density at radius 2 is 1.96 bits per heavy atom. The number of pyridine rings is 2. The van der Waals surface area contributed by atoms with E-state index in [1.165, 1.54) is 5.56 Å². The van der Waals surface area contributed by atoms with E-state index < -0.39 is 0 Å². The number of aromatic nitrogens is 2. The summed E-state index contributed by atoms with van der Waals surface area (Å²) in [5.41, 5.74) is 2.80. The van der Waals surface area contributed by atoms with E-state index in [1.807, 2.05) is 24.1 Å². The number of benzene rings is 1. The molecular weight excluding hydrogens is 338 g/mol. The molecule has 0 fully saturated rings. The summed E-state index contributed by atoms with van der Waals surface area (Å²) in [6.07, 6.45) is 6.04. The van der Waals surface area contributed by atoms with Gasteiger partial charge in [0.1, 0.15) is 5.82 Å². The third kappa shape index (κ3) is 4.89. The van der Waals surface area contributed by atoms with Crippen molar-refractivity contribution in [2.75, 3.05) is 23.8 Å². The van der Waals surface area contributed by atoms with Gasteiger partial charge in [-0.15, -0.1) is 0 Å². The zero-order valence-corrected chi connectivity index (χ0v) is 15.0. The number of hydrogen-bond donors (Lipinski definition) is 1. The highest BCUT2D eigenvalue weighted by Gasteiger charge is 2.10. The molecule has 0 saturated heterocycles. The van der Waals surface area contributed by atoms with Crippen LogP contribution in [0.25, 0.3) is 0 Å². The molecule has 3 aromatic rings. The van der Waals surface area contributed by atoms with Gasteiger partial charge in [0.2, 0.25) is 0 Å². The molecule has 1 N–H and O–H groups in total. The van der Waals surface area contributed by atoms with Gasteiger partial charge in [0, 0.05) is 43.4 Å². The van der Waals surface area contributed by atoms with Gasteiger partial charge in [-0.1, -0.05) is 6.07 Å². The first-order valence-corrected chi connectivity index (χ1v) is 8.53. The lowest BCUT2D eigenvalue weighted by Crippen LogP contribution is -2.22. The lowest BCUT2D eigenvalue weighted by Gasteiger charge is -2.18. The van der Waals surface area contributed by atoms with Crippen molar-refractivity contribution in [1.82, 2.24) is 9.97 Å². The zero-order chi connectivity index (χ0) is 19.1. The second-order valence-electron chi connectivity index (χ2n) is 6.08. The standard InChI is InChI=1S/C21H19N5O/c1-26(12-8-16-5-9-23-10-6-16)20-14-18(7-11-24-20)21(27)25-19-4-2-3-17(13-19)15-22/h2-7,9-11,13-14H,8,12H2,1H3,(H,25,27). The molecule has 0 aliphatic carbocycles. The molecule has 134 valence electrons. The smallest absolute Gasteiger partial charge is 0.255 e. The van der Waals surface area contributed by atoms with E-state index in [0.717, 1.165) is 18.8 Å². The average molecular weight is 357 g/mol. The van der Waals surface area contributed by atoms with Crippen molar-refractivity contribution in [3.05, 3.63) is 83.8 Å². The lowest BCUT2D eigenvalue weighted by molar-refractivity contribution is 0.102. The maximum atomic E-state index is 12.5. The first-order valence-electron chi connectivity index (χ1n) is 8.53. The van der Waals surface area contributed by atoms with Crippen molar-refractivity contribution < 1.29 is 4.79 Å². The van der Waals surface area contributed by atoms with Crippen molar-refractivity contribution in [2.24, 2.45) is 0 Å². The van der Waals surface area contributed by atoms with Crippen LogP contribution in [0, 0.1) is 11.3 Å². The second kappa shape index (κ2) is 8.59. The molecule has 2 heterocycles. The van der Waals surface area contributed by atoms with Crippen LogP contribution >= 0.6 is 0 Å². The number of hydrogen-bond acceptors (Lipinski definition) is 5. The lowest BCUT2D eigenvalue weighted by atomic mass is 10.2. The third-order valence-electron chi connectivity index (χ3n) is 4.13. The summed E-state index contributed by atoms with van der Waals surface area (Å²) in [6, 6.07) is 16.3. The monoisotopic (exact) mass is 357 g/mol. The Morgan fingerprint density at radius 3 is 2.74 bits per heavy atom. The van der Waals surface area contributed by atoms with Crippen LogP contribution in [0.2, 0.25) is 0 Å². The fraction of sp³-hybridized carbons (Fsp3) is 0.143. The van der Waals surface area contributed by atoms with E-state index >= 15 is 0 Å². The van der Waals surface area contributed by atoms with E-state index in [0.29, 0.717) is 16.8 Å². The van der Waals surface area contributed by atoms with Crippen LogP contribution in [-0.2, 0) is 6.42 Å². The zero-order valence-electron chi connectivity index (χ0n) is 15.0. The number of nitriles is 1. The second-order valence-corrected chi connectivity index (χ2v) is 6.08. The molecule has 27 heavy (non-hydrogen) atoms. The van der Waals surface area contributed by atoms with E-state index in [-0.39, 0.29) is 5.91 Å². The molecule has 6 nitrogen and oxygen atoms in total. The minimum absolute atomic E-state index is 0.240. The quantitative estimate of drug-likeness (QED) is 0.732. The van der Waals surface area contributed by atoms with Crippen molar-refractivity contribution in [3.8, 4) is 6.07 Å². The average Bonchev–Trinajstić information content (AvgIpc) is 2.73. The normalized spacial score (nSPS) is 10.1. The maximum Gasteiger partial charge on any atom is 0.255 e. The third-order valence-corrected chi connectivity index (χ3v) is 4.13. The van der Waals surface area contributed by atoms with Crippen LogP contribution < -0.4 is 10.2 Å². The summed E-state index contributed by atoms with van der Waals surface area (Å²) in [7, 11) is 1.95. The van der Waals surface area contributed by atoms with Gasteiger partial charge in [-0.25, -0.2) is 4.98 Å². The fourth-order valence-electron chi connectivity index (χ4n) is 2.60. The van der Waals surface area contributed by atoms with Crippen molar-refractivity contribution in [1.29, 1.82) is 5.26 Å². The predicted octanol–water partition coefficient (Wildman–Crippen LogP) is 3.28. The van der Waals surface area contributed by atoms with Gasteiger partial charge < -0.3 is 10.2 Å². The number of anilines is 2. The van der Waals surface area contributed by atoms with Gasteiger partial charge >= 0.3 is 0 Å². The number of carbonyl (C=O) groups is 1. The molecule has 0 bridgehead atoms. The molecule has 0 aliphatic heterocycles. The minimum atomic E-state index is -0.240. The molecule has 6 heteroatoms. The highest BCUT2D eigenvalue weighted by atomic mass is 16.1. The van der Waals surface area contributed by atoms with E-state index in [2.05, 4.69) is 21.4 Å². The Labute approximate surface area is 158 Å². The van der Waals surface area contributed by atoms with Crippen LogP contribution in [0.1, 0.15) is 21.5 Å². The summed E-state index contributed by atoms with van der Waals surface area (Å²) in [6.45, 7) is 0.770. The number of rotatable bonds is 6. The Balaban J connectivity index is 1.67. The molecule has 0 unspecified atom stereocenters. The minimum Gasteiger partial charge on any atom is -0.359 e. The number of amides is 1. The highest BCUT2D eigenvalue weighted by Crippen LogP contribution is 2.15. The number of nitrogens with one attached hydrogen (secondary N) is 1. The Hall–Kier alpha value is -3.72. The molecule has 0 spiro atoms. The number of nitrogens with zero attached hydrogens (tertiary/aromatic N) is 4. The maximum absolute atomic E-state index is 12.5. The molecule has 3 rings (SSSR count). The highest BCUT2D eigenvalue weighted by molar-refractivity contribution is 6.04. The fourth-order valence-corrected chi connectivity index (χ4v) is 2.60. The van der Waals surface area contributed by atoms with Gasteiger partial charge in [0.05, 0.1) is 11.6 Å². The Morgan fingerprint density at radius 1 is 1.15 bits per heavy atom. The molecule has 1 amide bonds. The summed E-state index contributed by atoms with van der Waals surface area (Å²) in [4.78, 5) is 22.9. The van der Waals surface area contributed by atoms with Gasteiger partial charge in [-0.2, -0.15) is 5.26 Å². The SMILES string of the molecule is CN(CCc1ccncc1)c1cc(C(=O)Nc2cccc(C#N)c2)ccn1. The van der Waals surface area contributed by atoms with Crippen molar-refractivity contribution in [2.45, 2.75) is 6.42 Å². The first kappa shape index (κ1) is 18.1. The molecule has 1 aromatic carbocycles. The van der Waals surface area contributed by atoms with Gasteiger partial charge in [-0.05, 0) is 54.4 Å². The van der Waals surface area contributed by atoms with Crippen LogP contribution in [0.4, 0.5) is 11.5 Å². The van der Waals surface area contributed by atoms with Gasteiger partial charge in [-0.3, -0.25) is 9.78 Å². The number of carbonyl (C=O) groups excluding carboxylic acids is 1. The van der Waals surface area contributed by atoms with Crippen LogP contribution in [-0.4, -0.2) is 29.5 Å². The van der Waals surface area contributed by atoms with Crippen molar-refractivity contribution in [3.63, 3.8) is 0 Å². The topological polar surface area (TPSA) is 81.9 Å². The van der Waals surface area contributed by atoms with Gasteiger partial charge in [0.25, 0.3) is 5.91 Å². The number of likely N-dealkylation sites (N-methyl/N-ethyl adjacent to an activating group) is 1. The van der Waals surface area contributed by atoms with Crippen LogP contribution in [0.15, 0.2) is 67.1 Å². The molecule has 0 atom stereocenters.